The van der Waals surface area contributed by atoms with Crippen LogP contribution in [0.1, 0.15) is 36.5 Å². The minimum Gasteiger partial charge on any atom is -0.497 e. The van der Waals surface area contributed by atoms with E-state index in [9.17, 15) is 9.18 Å². The summed E-state index contributed by atoms with van der Waals surface area (Å²) < 4.78 is 18.6. The molecule has 1 N–H and O–H groups in total. The number of carbonyl (C=O) groups is 1. The number of hydrogen-bond donors (Lipinski definition) is 1. The average molecular weight is 251 g/mol. The predicted octanol–water partition coefficient (Wildman–Crippen LogP) is 2.75. The van der Waals surface area contributed by atoms with Gasteiger partial charge in [-0.25, -0.2) is 4.39 Å². The number of amides is 1. The number of rotatable bonds is 5. The van der Waals surface area contributed by atoms with Crippen molar-refractivity contribution in [3.8, 4) is 5.75 Å². The first-order valence-corrected chi connectivity index (χ1v) is 6.22. The van der Waals surface area contributed by atoms with E-state index >= 15 is 0 Å². The quantitative estimate of drug-likeness (QED) is 0.873. The van der Waals surface area contributed by atoms with Crippen LogP contribution in [0.3, 0.4) is 0 Å². The Morgan fingerprint density at radius 2 is 2.22 bits per heavy atom. The maximum Gasteiger partial charge on any atom is 0.254 e. The largest absolute Gasteiger partial charge is 0.497 e. The van der Waals surface area contributed by atoms with Crippen molar-refractivity contribution in [2.24, 2.45) is 5.41 Å². The van der Waals surface area contributed by atoms with Gasteiger partial charge in [-0.05, 0) is 36.8 Å². The van der Waals surface area contributed by atoms with Crippen LogP contribution in [0.5, 0.6) is 5.75 Å². The fraction of sp³-hybridized carbons (Fsp3) is 0.500. The van der Waals surface area contributed by atoms with Crippen molar-refractivity contribution in [3.63, 3.8) is 0 Å². The summed E-state index contributed by atoms with van der Waals surface area (Å²) in [5.74, 6) is -0.487. The molecule has 1 fully saturated rings. The third kappa shape index (κ3) is 2.63. The standard InChI is InChI=1S/C14H18FNO2/c1-3-14(6-7-14)9-16-13(17)11-5-4-10(18-2)8-12(11)15/h4-5,8H,3,6-7,9H2,1-2H3,(H,16,17). The van der Waals surface area contributed by atoms with Gasteiger partial charge in [-0.3, -0.25) is 4.79 Å². The van der Waals surface area contributed by atoms with Gasteiger partial charge in [-0.15, -0.1) is 0 Å². The number of benzene rings is 1. The molecule has 0 heterocycles. The van der Waals surface area contributed by atoms with E-state index in [1.165, 1.54) is 19.2 Å². The molecule has 0 atom stereocenters. The summed E-state index contributed by atoms with van der Waals surface area (Å²) in [7, 11) is 1.46. The second-order valence-electron chi connectivity index (χ2n) is 4.88. The lowest BCUT2D eigenvalue weighted by atomic mass is 10.0. The molecule has 0 aliphatic heterocycles. The van der Waals surface area contributed by atoms with Crippen molar-refractivity contribution in [1.29, 1.82) is 0 Å². The van der Waals surface area contributed by atoms with Crippen molar-refractivity contribution < 1.29 is 13.9 Å². The summed E-state index contributed by atoms with van der Waals surface area (Å²) in [6.45, 7) is 2.75. The van der Waals surface area contributed by atoms with Gasteiger partial charge in [-0.2, -0.15) is 0 Å². The Labute approximate surface area is 106 Å². The van der Waals surface area contributed by atoms with Crippen molar-refractivity contribution in [2.75, 3.05) is 13.7 Å². The molecule has 1 aliphatic carbocycles. The van der Waals surface area contributed by atoms with E-state index in [1.807, 2.05) is 0 Å². The number of ether oxygens (including phenoxy) is 1. The molecule has 0 unspecified atom stereocenters. The highest BCUT2D eigenvalue weighted by Crippen LogP contribution is 2.47. The molecule has 1 aromatic carbocycles. The lowest BCUT2D eigenvalue weighted by molar-refractivity contribution is 0.0940. The molecule has 0 radical (unpaired) electrons. The molecule has 0 spiro atoms. The zero-order chi connectivity index (χ0) is 13.2. The fourth-order valence-electron chi connectivity index (χ4n) is 2.00. The number of nitrogens with one attached hydrogen (secondary N) is 1. The topological polar surface area (TPSA) is 38.3 Å². The molecule has 98 valence electrons. The van der Waals surface area contributed by atoms with Crippen LogP contribution in [-0.4, -0.2) is 19.6 Å². The number of carbonyl (C=O) groups excluding carboxylic acids is 1. The van der Waals surface area contributed by atoms with Crippen LogP contribution in [-0.2, 0) is 0 Å². The maximum absolute atomic E-state index is 13.7. The lowest BCUT2D eigenvalue weighted by Crippen LogP contribution is -2.30. The summed E-state index contributed by atoms with van der Waals surface area (Å²) in [6.07, 6.45) is 3.35. The molecule has 1 saturated carbocycles. The summed E-state index contributed by atoms with van der Waals surface area (Å²) in [5.41, 5.74) is 0.334. The molecule has 1 aliphatic rings. The van der Waals surface area contributed by atoms with Gasteiger partial charge in [0.1, 0.15) is 11.6 Å². The van der Waals surface area contributed by atoms with E-state index in [0.717, 1.165) is 19.3 Å². The van der Waals surface area contributed by atoms with Crippen LogP contribution in [0.25, 0.3) is 0 Å². The Bertz CT molecular complexity index is 455. The highest BCUT2D eigenvalue weighted by molar-refractivity contribution is 5.94. The first kappa shape index (κ1) is 12.9. The van der Waals surface area contributed by atoms with Crippen LogP contribution in [0, 0.1) is 11.2 Å². The minimum atomic E-state index is -0.548. The van der Waals surface area contributed by atoms with Crippen LogP contribution in [0.2, 0.25) is 0 Å². The van der Waals surface area contributed by atoms with Gasteiger partial charge in [0.25, 0.3) is 5.91 Å². The normalized spacial score (nSPS) is 16.2. The third-order valence-corrected chi connectivity index (χ3v) is 3.75. The lowest BCUT2D eigenvalue weighted by Gasteiger charge is -2.13. The Morgan fingerprint density at radius 3 is 2.72 bits per heavy atom. The fourth-order valence-corrected chi connectivity index (χ4v) is 2.00. The molecule has 1 aromatic rings. The second-order valence-corrected chi connectivity index (χ2v) is 4.88. The molecular formula is C14H18FNO2. The van der Waals surface area contributed by atoms with Crippen LogP contribution < -0.4 is 10.1 Å². The average Bonchev–Trinajstić information content (AvgIpc) is 3.16. The van der Waals surface area contributed by atoms with E-state index < -0.39 is 5.82 Å². The first-order chi connectivity index (χ1) is 8.60. The zero-order valence-corrected chi connectivity index (χ0v) is 10.8. The van der Waals surface area contributed by atoms with Crippen molar-refractivity contribution in [2.45, 2.75) is 26.2 Å². The predicted molar refractivity (Wildman–Crippen MR) is 67.2 cm³/mol. The molecule has 3 nitrogen and oxygen atoms in total. The summed E-state index contributed by atoms with van der Waals surface area (Å²) in [4.78, 5) is 11.9. The smallest absolute Gasteiger partial charge is 0.254 e. The highest BCUT2D eigenvalue weighted by Gasteiger charge is 2.40. The molecule has 0 aromatic heterocycles. The van der Waals surface area contributed by atoms with E-state index in [0.29, 0.717) is 12.3 Å². The number of methoxy groups -OCH3 is 1. The maximum atomic E-state index is 13.7. The summed E-state index contributed by atoms with van der Waals surface area (Å²) >= 11 is 0. The Morgan fingerprint density at radius 1 is 1.50 bits per heavy atom. The second kappa shape index (κ2) is 4.96. The molecule has 1 amide bonds. The van der Waals surface area contributed by atoms with Crippen molar-refractivity contribution in [3.05, 3.63) is 29.6 Å². The SMILES string of the molecule is CCC1(CNC(=O)c2ccc(OC)cc2F)CC1. The monoisotopic (exact) mass is 251 g/mol. The van der Waals surface area contributed by atoms with Gasteiger partial charge >= 0.3 is 0 Å². The van der Waals surface area contributed by atoms with Gasteiger partial charge in [0.15, 0.2) is 0 Å². The Kier molecular flexibility index (Phi) is 3.55. The molecular weight excluding hydrogens is 233 g/mol. The van der Waals surface area contributed by atoms with E-state index in [1.54, 1.807) is 6.07 Å². The molecule has 2 rings (SSSR count). The van der Waals surface area contributed by atoms with E-state index in [4.69, 9.17) is 4.74 Å². The molecule has 4 heteroatoms. The van der Waals surface area contributed by atoms with Crippen molar-refractivity contribution in [1.82, 2.24) is 5.32 Å². The third-order valence-electron chi connectivity index (χ3n) is 3.75. The molecule has 18 heavy (non-hydrogen) atoms. The highest BCUT2D eigenvalue weighted by atomic mass is 19.1. The van der Waals surface area contributed by atoms with Gasteiger partial charge in [-0.1, -0.05) is 6.92 Å². The van der Waals surface area contributed by atoms with Gasteiger partial charge in [0.05, 0.1) is 12.7 Å². The van der Waals surface area contributed by atoms with Gasteiger partial charge < -0.3 is 10.1 Å². The first-order valence-electron chi connectivity index (χ1n) is 6.22. The van der Waals surface area contributed by atoms with E-state index in [-0.39, 0.29) is 16.9 Å². The van der Waals surface area contributed by atoms with E-state index in [2.05, 4.69) is 12.2 Å². The van der Waals surface area contributed by atoms with Crippen LogP contribution in [0.15, 0.2) is 18.2 Å². The van der Waals surface area contributed by atoms with Crippen LogP contribution in [0.4, 0.5) is 4.39 Å². The minimum absolute atomic E-state index is 0.0719. The Balaban J connectivity index is 2.00. The summed E-state index contributed by atoms with van der Waals surface area (Å²) in [6, 6.07) is 4.27. The number of halogens is 1. The zero-order valence-electron chi connectivity index (χ0n) is 10.8. The van der Waals surface area contributed by atoms with Crippen LogP contribution >= 0.6 is 0 Å². The number of hydrogen-bond acceptors (Lipinski definition) is 2. The van der Waals surface area contributed by atoms with Gasteiger partial charge in [0.2, 0.25) is 0 Å². The molecule has 0 saturated heterocycles. The summed E-state index contributed by atoms with van der Waals surface area (Å²) in [5, 5.41) is 2.81. The van der Waals surface area contributed by atoms with Gasteiger partial charge in [0, 0.05) is 12.6 Å². The Hall–Kier alpha value is -1.58. The van der Waals surface area contributed by atoms with Crippen molar-refractivity contribution >= 4 is 5.91 Å². The molecule has 0 bridgehead atoms.